The Hall–Kier alpha value is -0.0200. The lowest BCUT2D eigenvalue weighted by molar-refractivity contribution is 0.625. The topological polar surface area (TPSA) is 0 Å². The van der Waals surface area contributed by atoms with Gasteiger partial charge in [-0.15, -0.1) is 0 Å². The molecule has 0 N–H and O–H groups in total. The summed E-state index contributed by atoms with van der Waals surface area (Å²) in [4.78, 5) is 1.06. The summed E-state index contributed by atoms with van der Waals surface area (Å²) >= 11 is 3.23. The molecule has 3 heteroatoms. The van der Waals surface area contributed by atoms with Gasteiger partial charge in [-0.05, 0) is 55.7 Å². The van der Waals surface area contributed by atoms with Crippen molar-refractivity contribution < 1.29 is 4.39 Å². The van der Waals surface area contributed by atoms with Gasteiger partial charge in [0.15, 0.2) is 0 Å². The van der Waals surface area contributed by atoms with Gasteiger partial charge in [-0.2, -0.15) is 0 Å². The molecule has 0 aliphatic heterocycles. The molecule has 0 aromatic heterocycles. The zero-order valence-corrected chi connectivity index (χ0v) is 7.80. The summed E-state index contributed by atoms with van der Waals surface area (Å²) in [5.74, 6) is -0.178. The Morgan fingerprint density at radius 1 is 1.50 bits per heavy atom. The van der Waals surface area contributed by atoms with Crippen LogP contribution in [0.25, 0.3) is 0 Å². The van der Waals surface area contributed by atoms with Crippen molar-refractivity contribution in [2.24, 2.45) is 0 Å². The van der Waals surface area contributed by atoms with Gasteiger partial charge < -0.3 is 0 Å². The van der Waals surface area contributed by atoms with Gasteiger partial charge >= 0.3 is 0 Å². The Balaban J connectivity index is 3.07. The maximum Gasteiger partial charge on any atom is 0.123 e. The Kier molecular flexibility index (Phi) is 2.74. The van der Waals surface area contributed by atoms with Crippen LogP contribution in [0.5, 0.6) is 0 Å². The number of hydrogen-bond donors (Lipinski definition) is 0. The predicted octanol–water partition coefficient (Wildman–Crippen LogP) is 3.54. The molecule has 0 aliphatic rings. The van der Waals surface area contributed by atoms with E-state index in [1.807, 2.05) is 6.92 Å². The monoisotopic (exact) mass is 220 g/mol. The van der Waals surface area contributed by atoms with Crippen molar-refractivity contribution in [3.8, 4) is 0 Å². The van der Waals surface area contributed by atoms with Crippen molar-refractivity contribution in [3.63, 3.8) is 0 Å². The smallest absolute Gasteiger partial charge is 0.123 e. The number of halogens is 2. The summed E-state index contributed by atoms with van der Waals surface area (Å²) in [6.45, 7) is 1.88. The van der Waals surface area contributed by atoms with E-state index in [1.54, 1.807) is 6.07 Å². The highest BCUT2D eigenvalue weighted by Crippen LogP contribution is 2.27. The zero-order valence-electron chi connectivity index (χ0n) is 5.40. The molecule has 0 bridgehead atoms. The van der Waals surface area contributed by atoms with Crippen LogP contribution in [0.15, 0.2) is 23.1 Å². The van der Waals surface area contributed by atoms with Crippen LogP contribution in [-0.2, 0) is 0 Å². The second kappa shape index (κ2) is 3.39. The normalized spacial score (nSPS) is 9.90. The fraction of sp³-hybridized carbons (Fsp3) is 0.143. The molecule has 0 aliphatic carbocycles. The number of rotatable bonds is 1. The fourth-order valence-corrected chi connectivity index (χ4v) is 2.09. The standard InChI is InChI=1S/C7H6BrFS/c1-5-4-6(9)2-3-7(5)10-8/h2-4H,1H3. The third-order valence-electron chi connectivity index (χ3n) is 1.22. The number of benzene rings is 1. The van der Waals surface area contributed by atoms with E-state index in [2.05, 4.69) is 14.8 Å². The van der Waals surface area contributed by atoms with Crippen LogP contribution in [0, 0.1) is 12.7 Å². The molecule has 1 aromatic rings. The average Bonchev–Trinajstić information content (AvgIpc) is 1.88. The van der Waals surface area contributed by atoms with E-state index in [9.17, 15) is 4.39 Å². The van der Waals surface area contributed by atoms with Gasteiger partial charge in [-0.25, -0.2) is 4.39 Å². The Morgan fingerprint density at radius 3 is 2.70 bits per heavy atom. The molecule has 0 amide bonds. The van der Waals surface area contributed by atoms with E-state index in [0.717, 1.165) is 10.5 Å². The average molecular weight is 221 g/mol. The summed E-state index contributed by atoms with van der Waals surface area (Å²) in [5.41, 5.74) is 0.960. The van der Waals surface area contributed by atoms with E-state index in [-0.39, 0.29) is 5.82 Å². The third kappa shape index (κ3) is 1.73. The van der Waals surface area contributed by atoms with Gasteiger partial charge in [0.25, 0.3) is 0 Å². The Morgan fingerprint density at radius 2 is 2.20 bits per heavy atom. The molecule has 54 valence electrons. The van der Waals surface area contributed by atoms with E-state index in [1.165, 1.54) is 22.3 Å². The Bertz CT molecular complexity index is 237. The third-order valence-corrected chi connectivity index (χ3v) is 2.89. The quantitative estimate of drug-likeness (QED) is 0.698. The van der Waals surface area contributed by atoms with Gasteiger partial charge in [0.2, 0.25) is 0 Å². The minimum Gasteiger partial charge on any atom is -0.207 e. The summed E-state index contributed by atoms with van der Waals surface area (Å²) in [6, 6.07) is 4.73. The lowest BCUT2D eigenvalue weighted by Crippen LogP contribution is -1.78. The van der Waals surface area contributed by atoms with Crippen molar-refractivity contribution in [2.75, 3.05) is 0 Å². The van der Waals surface area contributed by atoms with E-state index in [0.29, 0.717) is 0 Å². The second-order valence-corrected chi connectivity index (χ2v) is 3.55. The first-order valence-corrected chi connectivity index (χ1v) is 5.44. The van der Waals surface area contributed by atoms with Gasteiger partial charge in [-0.3, -0.25) is 0 Å². The highest BCUT2D eigenvalue weighted by Gasteiger charge is 1.97. The van der Waals surface area contributed by atoms with Crippen molar-refractivity contribution in [1.82, 2.24) is 0 Å². The van der Waals surface area contributed by atoms with Crippen LogP contribution >= 0.6 is 25.0 Å². The largest absolute Gasteiger partial charge is 0.207 e. The molecule has 10 heavy (non-hydrogen) atoms. The molecule has 1 rings (SSSR count). The highest BCUT2D eigenvalue weighted by molar-refractivity contribution is 9.50. The van der Waals surface area contributed by atoms with E-state index >= 15 is 0 Å². The molecule has 0 atom stereocenters. The van der Waals surface area contributed by atoms with Crippen LogP contribution in [0.2, 0.25) is 0 Å². The molecule has 0 spiro atoms. The van der Waals surface area contributed by atoms with Crippen molar-refractivity contribution in [1.29, 1.82) is 0 Å². The fourth-order valence-electron chi connectivity index (χ4n) is 0.699. The summed E-state index contributed by atoms with van der Waals surface area (Å²) < 4.78 is 12.5. The minimum atomic E-state index is -0.178. The molecule has 0 heterocycles. The summed E-state index contributed by atoms with van der Waals surface area (Å²) in [7, 11) is 1.45. The molecule has 0 nitrogen and oxygen atoms in total. The van der Waals surface area contributed by atoms with Gasteiger partial charge in [0.1, 0.15) is 5.82 Å². The highest BCUT2D eigenvalue weighted by atomic mass is 79.9. The summed E-state index contributed by atoms with van der Waals surface area (Å²) in [6.07, 6.45) is 0. The van der Waals surface area contributed by atoms with Gasteiger partial charge in [0, 0.05) is 4.90 Å². The van der Waals surface area contributed by atoms with Crippen molar-refractivity contribution in [2.45, 2.75) is 11.8 Å². The molecule has 1 aromatic carbocycles. The van der Waals surface area contributed by atoms with Crippen LogP contribution in [0.1, 0.15) is 5.56 Å². The molecular formula is C7H6BrFS. The minimum absolute atomic E-state index is 0.178. The lowest BCUT2D eigenvalue weighted by atomic mass is 10.2. The molecule has 0 radical (unpaired) electrons. The maximum atomic E-state index is 12.5. The summed E-state index contributed by atoms with van der Waals surface area (Å²) in [5, 5.41) is 0. The predicted molar refractivity (Wildman–Crippen MR) is 45.9 cm³/mol. The van der Waals surface area contributed by atoms with Crippen LogP contribution in [-0.4, -0.2) is 0 Å². The SMILES string of the molecule is Cc1cc(F)ccc1SBr. The van der Waals surface area contributed by atoms with Crippen molar-refractivity contribution in [3.05, 3.63) is 29.6 Å². The first-order chi connectivity index (χ1) is 4.74. The van der Waals surface area contributed by atoms with Gasteiger partial charge in [-0.1, -0.05) is 0 Å². The number of hydrogen-bond acceptors (Lipinski definition) is 1. The first-order valence-electron chi connectivity index (χ1n) is 2.79. The van der Waals surface area contributed by atoms with Crippen LogP contribution < -0.4 is 0 Å². The molecule has 0 saturated carbocycles. The second-order valence-electron chi connectivity index (χ2n) is 1.99. The van der Waals surface area contributed by atoms with Gasteiger partial charge in [0.05, 0.1) is 0 Å². The molecule has 0 saturated heterocycles. The lowest BCUT2D eigenvalue weighted by Gasteiger charge is -1.98. The molecule has 0 fully saturated rings. The molecular weight excluding hydrogens is 215 g/mol. The first kappa shape index (κ1) is 8.08. The molecule has 0 unspecified atom stereocenters. The zero-order chi connectivity index (χ0) is 7.56. The van der Waals surface area contributed by atoms with Crippen LogP contribution in [0.4, 0.5) is 4.39 Å². The van der Waals surface area contributed by atoms with Crippen LogP contribution in [0.3, 0.4) is 0 Å². The van der Waals surface area contributed by atoms with E-state index < -0.39 is 0 Å². The Labute approximate surface area is 71.0 Å². The van der Waals surface area contributed by atoms with Crippen molar-refractivity contribution >= 4 is 25.0 Å². The number of aryl methyl sites for hydroxylation is 1. The van der Waals surface area contributed by atoms with E-state index in [4.69, 9.17) is 0 Å². The maximum absolute atomic E-state index is 12.5.